The van der Waals surface area contributed by atoms with Crippen LogP contribution in [-0.4, -0.2) is 26.2 Å². The predicted molar refractivity (Wildman–Crippen MR) is 51.5 cm³/mol. The van der Waals surface area contributed by atoms with E-state index in [1.54, 1.807) is 0 Å². The van der Waals surface area contributed by atoms with Crippen molar-refractivity contribution in [1.82, 2.24) is 5.32 Å². The molecule has 0 aromatic rings. The second-order valence-corrected chi connectivity index (χ2v) is 3.68. The molecule has 1 unspecified atom stereocenters. The summed E-state index contributed by atoms with van der Waals surface area (Å²) in [4.78, 5) is 10.8. The Morgan fingerprint density at radius 1 is 1.62 bits per heavy atom. The van der Waals surface area contributed by atoms with Crippen LogP contribution >= 0.6 is 0 Å². The molecule has 1 aliphatic heterocycles. The fourth-order valence-corrected chi connectivity index (χ4v) is 1.81. The molecule has 0 aromatic heterocycles. The van der Waals surface area contributed by atoms with Crippen molar-refractivity contribution in [2.45, 2.75) is 32.1 Å². The quantitative estimate of drug-likeness (QED) is 0.671. The fourth-order valence-electron chi connectivity index (χ4n) is 1.81. The molecule has 0 amide bonds. The van der Waals surface area contributed by atoms with Crippen LogP contribution < -0.4 is 5.32 Å². The maximum Gasteiger partial charge on any atom is 0.305 e. The number of methoxy groups -OCH3 is 1. The highest BCUT2D eigenvalue weighted by Crippen LogP contribution is 2.16. The van der Waals surface area contributed by atoms with Crippen LogP contribution in [0.15, 0.2) is 0 Å². The first-order valence-electron chi connectivity index (χ1n) is 5.10. The lowest BCUT2D eigenvalue weighted by molar-refractivity contribution is -0.140. The fraction of sp³-hybridized carbons (Fsp3) is 0.900. The van der Waals surface area contributed by atoms with Gasteiger partial charge in [-0.05, 0) is 44.7 Å². The van der Waals surface area contributed by atoms with Gasteiger partial charge in [0.05, 0.1) is 7.11 Å². The van der Waals surface area contributed by atoms with Gasteiger partial charge < -0.3 is 10.1 Å². The average molecular weight is 185 g/mol. The van der Waals surface area contributed by atoms with Crippen molar-refractivity contribution in [3.05, 3.63) is 0 Å². The van der Waals surface area contributed by atoms with Gasteiger partial charge in [-0.25, -0.2) is 0 Å². The van der Waals surface area contributed by atoms with Gasteiger partial charge in [-0.15, -0.1) is 0 Å². The molecule has 13 heavy (non-hydrogen) atoms. The zero-order valence-electron chi connectivity index (χ0n) is 8.34. The summed E-state index contributed by atoms with van der Waals surface area (Å²) < 4.78 is 4.59. The maximum absolute atomic E-state index is 10.8. The molecule has 0 saturated carbocycles. The number of ether oxygens (including phenoxy) is 1. The molecule has 1 atom stereocenters. The largest absolute Gasteiger partial charge is 0.469 e. The van der Waals surface area contributed by atoms with Gasteiger partial charge in [0.25, 0.3) is 0 Å². The Bertz CT molecular complexity index is 153. The molecule has 0 aliphatic carbocycles. The van der Waals surface area contributed by atoms with Crippen LogP contribution in [0.25, 0.3) is 0 Å². The Morgan fingerprint density at radius 3 is 3.08 bits per heavy atom. The van der Waals surface area contributed by atoms with Crippen molar-refractivity contribution in [2.24, 2.45) is 5.92 Å². The van der Waals surface area contributed by atoms with Crippen LogP contribution in [0.5, 0.6) is 0 Å². The summed E-state index contributed by atoms with van der Waals surface area (Å²) >= 11 is 0. The summed E-state index contributed by atoms with van der Waals surface area (Å²) in [5.74, 6) is 0.696. The maximum atomic E-state index is 10.8. The number of nitrogens with one attached hydrogen (secondary N) is 1. The Labute approximate surface area is 79.8 Å². The van der Waals surface area contributed by atoms with Gasteiger partial charge in [-0.2, -0.15) is 0 Å². The van der Waals surface area contributed by atoms with Crippen LogP contribution in [0.4, 0.5) is 0 Å². The first-order chi connectivity index (χ1) is 6.33. The summed E-state index contributed by atoms with van der Waals surface area (Å²) in [6.45, 7) is 2.29. The number of carbonyl (C=O) groups excluding carboxylic acids is 1. The zero-order chi connectivity index (χ0) is 9.52. The van der Waals surface area contributed by atoms with E-state index in [-0.39, 0.29) is 5.97 Å². The van der Waals surface area contributed by atoms with Crippen LogP contribution in [-0.2, 0) is 9.53 Å². The van der Waals surface area contributed by atoms with Crippen LogP contribution in [0.2, 0.25) is 0 Å². The minimum atomic E-state index is -0.0798. The number of piperidine rings is 1. The summed E-state index contributed by atoms with van der Waals surface area (Å²) in [5, 5.41) is 3.37. The topological polar surface area (TPSA) is 38.3 Å². The Balaban J connectivity index is 2.01. The molecule has 3 heteroatoms. The smallest absolute Gasteiger partial charge is 0.305 e. The van der Waals surface area contributed by atoms with Crippen LogP contribution in [0.1, 0.15) is 32.1 Å². The minimum absolute atomic E-state index is 0.0798. The first-order valence-corrected chi connectivity index (χ1v) is 5.10. The summed E-state index contributed by atoms with van der Waals surface area (Å²) in [6.07, 6.45) is 5.30. The van der Waals surface area contributed by atoms with E-state index >= 15 is 0 Å². The van der Waals surface area contributed by atoms with Gasteiger partial charge in [0.2, 0.25) is 0 Å². The lowest BCUT2D eigenvalue weighted by atomic mass is 9.94. The van der Waals surface area contributed by atoms with Crippen LogP contribution in [0.3, 0.4) is 0 Å². The highest BCUT2D eigenvalue weighted by molar-refractivity contribution is 5.68. The van der Waals surface area contributed by atoms with E-state index in [9.17, 15) is 4.79 Å². The van der Waals surface area contributed by atoms with Crippen molar-refractivity contribution >= 4 is 5.97 Å². The van der Waals surface area contributed by atoms with Gasteiger partial charge in [-0.3, -0.25) is 4.79 Å². The van der Waals surface area contributed by atoms with E-state index in [1.165, 1.54) is 20.0 Å². The van der Waals surface area contributed by atoms with E-state index in [1.807, 2.05) is 0 Å². The molecular formula is C10H19NO2. The van der Waals surface area contributed by atoms with Crippen molar-refractivity contribution in [1.29, 1.82) is 0 Å². The number of carbonyl (C=O) groups is 1. The average Bonchev–Trinajstić information content (AvgIpc) is 2.19. The highest BCUT2D eigenvalue weighted by Gasteiger charge is 2.12. The third-order valence-electron chi connectivity index (χ3n) is 2.62. The van der Waals surface area contributed by atoms with Gasteiger partial charge in [0, 0.05) is 6.42 Å². The molecule has 1 heterocycles. The summed E-state index contributed by atoms with van der Waals surface area (Å²) in [7, 11) is 1.45. The Hall–Kier alpha value is -0.570. The predicted octanol–water partition coefficient (Wildman–Crippen LogP) is 1.33. The molecule has 1 N–H and O–H groups in total. The molecule has 0 radical (unpaired) electrons. The van der Waals surface area contributed by atoms with E-state index in [4.69, 9.17) is 0 Å². The normalized spacial score (nSPS) is 22.7. The molecular weight excluding hydrogens is 166 g/mol. The van der Waals surface area contributed by atoms with Gasteiger partial charge in [0.15, 0.2) is 0 Å². The number of rotatable bonds is 4. The third-order valence-corrected chi connectivity index (χ3v) is 2.62. The molecule has 76 valence electrons. The number of esters is 1. The Kier molecular flexibility index (Phi) is 4.83. The molecule has 0 bridgehead atoms. The lowest BCUT2D eigenvalue weighted by Gasteiger charge is -2.22. The number of hydrogen-bond donors (Lipinski definition) is 1. The molecule has 1 rings (SSSR count). The highest BCUT2D eigenvalue weighted by atomic mass is 16.5. The van der Waals surface area contributed by atoms with Crippen molar-refractivity contribution in [3.63, 3.8) is 0 Å². The van der Waals surface area contributed by atoms with E-state index in [2.05, 4.69) is 10.1 Å². The van der Waals surface area contributed by atoms with Crippen molar-refractivity contribution in [3.8, 4) is 0 Å². The van der Waals surface area contributed by atoms with Crippen molar-refractivity contribution in [2.75, 3.05) is 20.2 Å². The van der Waals surface area contributed by atoms with Gasteiger partial charge in [0.1, 0.15) is 0 Å². The molecule has 3 nitrogen and oxygen atoms in total. The van der Waals surface area contributed by atoms with E-state index < -0.39 is 0 Å². The second kappa shape index (κ2) is 5.97. The zero-order valence-corrected chi connectivity index (χ0v) is 8.34. The second-order valence-electron chi connectivity index (χ2n) is 3.68. The first kappa shape index (κ1) is 10.5. The molecule has 1 fully saturated rings. The third kappa shape index (κ3) is 4.27. The van der Waals surface area contributed by atoms with Crippen molar-refractivity contribution < 1.29 is 9.53 Å². The molecule has 1 aliphatic rings. The SMILES string of the molecule is COC(=O)CCCC1CCCNC1. The summed E-state index contributed by atoms with van der Waals surface area (Å²) in [5.41, 5.74) is 0. The molecule has 0 aromatic carbocycles. The minimum Gasteiger partial charge on any atom is -0.469 e. The molecule has 0 spiro atoms. The number of hydrogen-bond acceptors (Lipinski definition) is 3. The summed E-state index contributed by atoms with van der Waals surface area (Å²) in [6, 6.07) is 0. The van der Waals surface area contributed by atoms with E-state index in [0.29, 0.717) is 6.42 Å². The van der Waals surface area contributed by atoms with Gasteiger partial charge >= 0.3 is 5.97 Å². The van der Waals surface area contributed by atoms with Gasteiger partial charge in [-0.1, -0.05) is 0 Å². The monoisotopic (exact) mass is 185 g/mol. The molecule has 1 saturated heterocycles. The Morgan fingerprint density at radius 2 is 2.46 bits per heavy atom. The van der Waals surface area contributed by atoms with E-state index in [0.717, 1.165) is 31.8 Å². The van der Waals surface area contributed by atoms with Crippen LogP contribution in [0, 0.1) is 5.92 Å². The lowest BCUT2D eigenvalue weighted by Crippen LogP contribution is -2.29. The standard InChI is InChI=1S/C10H19NO2/c1-13-10(12)6-2-4-9-5-3-7-11-8-9/h9,11H,2-8H2,1H3.